The summed E-state index contributed by atoms with van der Waals surface area (Å²) in [6.07, 6.45) is 0.975. The van der Waals surface area contributed by atoms with E-state index in [4.69, 9.17) is 0 Å². The van der Waals surface area contributed by atoms with Crippen LogP contribution in [0.15, 0.2) is 47.4 Å². The molecule has 1 fully saturated rings. The lowest BCUT2D eigenvalue weighted by Crippen LogP contribution is -2.42. The van der Waals surface area contributed by atoms with E-state index >= 15 is 0 Å². The van der Waals surface area contributed by atoms with Crippen LogP contribution in [0, 0.1) is 11.8 Å². The van der Waals surface area contributed by atoms with Gasteiger partial charge in [0.1, 0.15) is 5.56 Å². The molecule has 8 nitrogen and oxygen atoms in total. The van der Waals surface area contributed by atoms with Crippen molar-refractivity contribution < 1.29 is 27.9 Å². The number of anilines is 1. The zero-order valence-electron chi connectivity index (χ0n) is 17.7. The number of amides is 1. The van der Waals surface area contributed by atoms with Gasteiger partial charge in [-0.2, -0.15) is 4.31 Å². The number of methoxy groups -OCH3 is 1. The smallest absolute Gasteiger partial charge is 0.341 e. The molecule has 0 aliphatic carbocycles. The second-order valence-corrected chi connectivity index (χ2v) is 9.88. The van der Waals surface area contributed by atoms with Crippen LogP contribution in [-0.4, -0.2) is 49.9 Å². The van der Waals surface area contributed by atoms with Crippen molar-refractivity contribution in [2.45, 2.75) is 25.2 Å². The lowest BCUT2D eigenvalue weighted by Gasteiger charge is -2.34. The number of hydrogen-bond acceptors (Lipinski definition) is 6. The molecule has 1 aliphatic heterocycles. The summed E-state index contributed by atoms with van der Waals surface area (Å²) in [6, 6.07) is 10.0. The van der Waals surface area contributed by atoms with Gasteiger partial charge in [-0.3, -0.25) is 4.79 Å². The third-order valence-corrected chi connectivity index (χ3v) is 7.09. The van der Waals surface area contributed by atoms with Gasteiger partial charge in [0, 0.05) is 18.7 Å². The molecular formula is C22H26N2O6S. The SMILES string of the molecule is COC(=O)c1cccc(NC(=O)c2cccc(S(=O)(=O)N3CC(C)CC(C)C3)c2)c1O. The summed E-state index contributed by atoms with van der Waals surface area (Å²) >= 11 is 0. The Bertz CT molecular complexity index is 1090. The van der Waals surface area contributed by atoms with Crippen molar-refractivity contribution in [3.8, 4) is 5.75 Å². The minimum atomic E-state index is -3.74. The van der Waals surface area contributed by atoms with Gasteiger partial charge in [0.2, 0.25) is 10.0 Å². The lowest BCUT2D eigenvalue weighted by atomic mass is 9.94. The van der Waals surface area contributed by atoms with Gasteiger partial charge in [0.15, 0.2) is 5.75 Å². The average Bonchev–Trinajstić information content (AvgIpc) is 2.74. The number of phenols is 1. The van der Waals surface area contributed by atoms with Gasteiger partial charge in [-0.15, -0.1) is 0 Å². The van der Waals surface area contributed by atoms with Crippen molar-refractivity contribution in [2.24, 2.45) is 11.8 Å². The minimum absolute atomic E-state index is 0.0137. The van der Waals surface area contributed by atoms with E-state index in [-0.39, 0.29) is 33.5 Å². The van der Waals surface area contributed by atoms with E-state index in [1.54, 1.807) is 0 Å². The zero-order valence-corrected chi connectivity index (χ0v) is 18.5. The molecule has 31 heavy (non-hydrogen) atoms. The molecule has 0 radical (unpaired) electrons. The Kier molecular flexibility index (Phi) is 6.66. The number of carbonyl (C=O) groups is 2. The van der Waals surface area contributed by atoms with Crippen molar-refractivity contribution in [1.82, 2.24) is 4.31 Å². The lowest BCUT2D eigenvalue weighted by molar-refractivity contribution is 0.0597. The van der Waals surface area contributed by atoms with Gasteiger partial charge in [-0.1, -0.05) is 26.0 Å². The molecule has 2 aromatic carbocycles. The second kappa shape index (κ2) is 9.07. The first kappa shape index (κ1) is 22.8. The molecule has 1 amide bonds. The Balaban J connectivity index is 1.85. The van der Waals surface area contributed by atoms with E-state index in [2.05, 4.69) is 10.1 Å². The highest BCUT2D eigenvalue weighted by atomic mass is 32.2. The highest BCUT2D eigenvalue weighted by Gasteiger charge is 2.32. The van der Waals surface area contributed by atoms with Gasteiger partial charge in [-0.05, 0) is 48.6 Å². The number of carbonyl (C=O) groups excluding carboxylic acids is 2. The predicted molar refractivity (Wildman–Crippen MR) is 116 cm³/mol. The summed E-state index contributed by atoms with van der Waals surface area (Å²) in [7, 11) is -2.56. The fourth-order valence-electron chi connectivity index (χ4n) is 3.86. The van der Waals surface area contributed by atoms with Crippen LogP contribution >= 0.6 is 0 Å². The number of ether oxygens (including phenoxy) is 1. The molecule has 2 unspecified atom stereocenters. The molecule has 0 saturated carbocycles. The Morgan fingerprint density at radius 2 is 1.74 bits per heavy atom. The van der Waals surface area contributed by atoms with Gasteiger partial charge in [-0.25, -0.2) is 13.2 Å². The van der Waals surface area contributed by atoms with Gasteiger partial charge >= 0.3 is 5.97 Å². The highest BCUT2D eigenvalue weighted by molar-refractivity contribution is 7.89. The number of nitrogens with one attached hydrogen (secondary N) is 1. The Morgan fingerprint density at radius 1 is 1.10 bits per heavy atom. The van der Waals surface area contributed by atoms with E-state index in [0.717, 1.165) is 6.42 Å². The van der Waals surface area contributed by atoms with Crippen molar-refractivity contribution in [1.29, 1.82) is 0 Å². The molecule has 1 heterocycles. The average molecular weight is 447 g/mol. The topological polar surface area (TPSA) is 113 Å². The second-order valence-electron chi connectivity index (χ2n) is 7.94. The number of hydrogen-bond donors (Lipinski definition) is 2. The van der Waals surface area contributed by atoms with Gasteiger partial charge in [0.05, 0.1) is 17.7 Å². The molecule has 2 aromatic rings. The van der Waals surface area contributed by atoms with Crippen LogP contribution in [0.25, 0.3) is 0 Å². The normalized spacial score (nSPS) is 19.6. The Labute approximate surface area is 181 Å². The zero-order chi connectivity index (χ0) is 22.8. The largest absolute Gasteiger partial charge is 0.505 e. The maximum Gasteiger partial charge on any atom is 0.341 e. The summed E-state index contributed by atoms with van der Waals surface area (Å²) in [5.74, 6) is -1.27. The van der Waals surface area contributed by atoms with E-state index in [0.29, 0.717) is 13.1 Å². The summed E-state index contributed by atoms with van der Waals surface area (Å²) in [5.41, 5.74) is 0.0341. The van der Waals surface area contributed by atoms with Crippen LogP contribution in [0.5, 0.6) is 5.75 Å². The highest BCUT2D eigenvalue weighted by Crippen LogP contribution is 2.29. The minimum Gasteiger partial charge on any atom is -0.505 e. The summed E-state index contributed by atoms with van der Waals surface area (Å²) in [5, 5.41) is 12.8. The van der Waals surface area contributed by atoms with Crippen molar-refractivity contribution in [3.63, 3.8) is 0 Å². The monoisotopic (exact) mass is 446 g/mol. The van der Waals surface area contributed by atoms with Crippen LogP contribution in [0.4, 0.5) is 5.69 Å². The fourth-order valence-corrected chi connectivity index (χ4v) is 5.59. The number of esters is 1. The fraction of sp³-hybridized carbons (Fsp3) is 0.364. The van der Waals surface area contributed by atoms with Crippen LogP contribution in [0.3, 0.4) is 0 Å². The summed E-state index contributed by atoms with van der Waals surface area (Å²) in [6.45, 7) is 4.93. The first-order valence-electron chi connectivity index (χ1n) is 9.95. The molecule has 1 aliphatic rings. The summed E-state index contributed by atoms with van der Waals surface area (Å²) < 4.78 is 32.3. The number of rotatable bonds is 5. The van der Waals surface area contributed by atoms with Crippen molar-refractivity contribution >= 4 is 27.6 Å². The molecule has 3 rings (SSSR count). The number of nitrogens with zero attached hydrogens (tertiary/aromatic N) is 1. The third kappa shape index (κ3) is 4.88. The number of benzene rings is 2. The molecule has 166 valence electrons. The molecule has 0 aromatic heterocycles. The number of para-hydroxylation sites is 1. The summed E-state index contributed by atoms with van der Waals surface area (Å²) in [4.78, 5) is 24.5. The Hall–Kier alpha value is -2.91. The van der Waals surface area contributed by atoms with Crippen LogP contribution in [0.2, 0.25) is 0 Å². The first-order valence-corrected chi connectivity index (χ1v) is 11.4. The van der Waals surface area contributed by atoms with Crippen LogP contribution in [-0.2, 0) is 14.8 Å². The van der Waals surface area contributed by atoms with E-state index in [9.17, 15) is 23.1 Å². The first-order chi connectivity index (χ1) is 14.6. The van der Waals surface area contributed by atoms with Crippen LogP contribution in [0.1, 0.15) is 41.0 Å². The molecule has 0 bridgehead atoms. The number of aromatic hydroxyl groups is 1. The van der Waals surface area contributed by atoms with E-state index in [1.165, 1.54) is 53.9 Å². The van der Waals surface area contributed by atoms with Crippen molar-refractivity contribution in [3.05, 3.63) is 53.6 Å². The van der Waals surface area contributed by atoms with Gasteiger partial charge in [0.25, 0.3) is 5.91 Å². The van der Waals surface area contributed by atoms with Crippen LogP contribution < -0.4 is 5.32 Å². The van der Waals surface area contributed by atoms with E-state index in [1.807, 2.05) is 13.8 Å². The molecule has 9 heteroatoms. The van der Waals surface area contributed by atoms with Crippen molar-refractivity contribution in [2.75, 3.05) is 25.5 Å². The molecule has 2 N–H and O–H groups in total. The molecular weight excluding hydrogens is 420 g/mol. The molecule has 0 spiro atoms. The Morgan fingerprint density at radius 3 is 2.39 bits per heavy atom. The predicted octanol–water partition coefficient (Wildman–Crippen LogP) is 3.10. The standard InChI is InChI=1S/C22H26N2O6S/c1-14-10-15(2)13-24(12-14)31(28,29)17-7-4-6-16(11-17)21(26)23-19-9-5-8-18(20(19)25)22(27)30-3/h4-9,11,14-15,25H,10,12-13H2,1-3H3,(H,23,26). The third-order valence-electron chi connectivity index (χ3n) is 5.26. The maximum absolute atomic E-state index is 13.1. The van der Waals surface area contributed by atoms with Gasteiger partial charge < -0.3 is 15.2 Å². The molecule has 2 atom stereocenters. The number of piperidine rings is 1. The number of phenolic OH excluding ortho intramolecular Hbond substituents is 1. The van der Waals surface area contributed by atoms with E-state index < -0.39 is 27.6 Å². The number of sulfonamides is 1. The maximum atomic E-state index is 13.1. The molecule has 1 saturated heterocycles. The quantitative estimate of drug-likeness (QED) is 0.539.